The van der Waals surface area contributed by atoms with Crippen molar-refractivity contribution in [3.05, 3.63) is 59.7 Å². The SMILES string of the molecule is CCCCc1ccc(NC(=O)CCCCC(=O)Nc2ccc(CCCC)cc2)cc1. The maximum Gasteiger partial charge on any atom is 0.224 e. The van der Waals surface area contributed by atoms with E-state index in [9.17, 15) is 9.59 Å². The van der Waals surface area contributed by atoms with E-state index in [-0.39, 0.29) is 11.8 Å². The Hall–Kier alpha value is -2.62. The summed E-state index contributed by atoms with van der Waals surface area (Å²) < 4.78 is 0. The van der Waals surface area contributed by atoms with Crippen molar-refractivity contribution in [3.63, 3.8) is 0 Å². The van der Waals surface area contributed by atoms with Gasteiger partial charge < -0.3 is 10.6 Å². The zero-order valence-corrected chi connectivity index (χ0v) is 18.5. The predicted molar refractivity (Wildman–Crippen MR) is 126 cm³/mol. The van der Waals surface area contributed by atoms with E-state index in [2.05, 4.69) is 48.7 Å². The lowest BCUT2D eigenvalue weighted by molar-refractivity contribution is -0.118. The van der Waals surface area contributed by atoms with Gasteiger partial charge in [-0.15, -0.1) is 0 Å². The van der Waals surface area contributed by atoms with Crippen LogP contribution >= 0.6 is 0 Å². The Balaban J connectivity index is 1.61. The van der Waals surface area contributed by atoms with Crippen molar-refractivity contribution in [2.24, 2.45) is 0 Å². The number of carbonyl (C=O) groups excluding carboxylic acids is 2. The van der Waals surface area contributed by atoms with Crippen LogP contribution in [0.2, 0.25) is 0 Å². The second kappa shape index (κ2) is 13.6. The van der Waals surface area contributed by atoms with Gasteiger partial charge in [0.1, 0.15) is 0 Å². The third-order valence-corrected chi connectivity index (χ3v) is 5.17. The van der Waals surface area contributed by atoms with Crippen LogP contribution in [-0.4, -0.2) is 11.8 Å². The molecule has 0 unspecified atom stereocenters. The molecule has 2 N–H and O–H groups in total. The number of unbranched alkanes of at least 4 members (excludes halogenated alkanes) is 3. The van der Waals surface area contributed by atoms with Crippen molar-refractivity contribution in [1.29, 1.82) is 0 Å². The van der Waals surface area contributed by atoms with Gasteiger partial charge in [-0.1, -0.05) is 51.0 Å². The van der Waals surface area contributed by atoms with E-state index in [0.29, 0.717) is 25.7 Å². The van der Waals surface area contributed by atoms with Gasteiger partial charge in [-0.3, -0.25) is 9.59 Å². The van der Waals surface area contributed by atoms with Crippen LogP contribution in [0.25, 0.3) is 0 Å². The number of carbonyl (C=O) groups is 2. The number of aryl methyl sites for hydroxylation is 2. The molecule has 2 rings (SSSR count). The number of hydrogen-bond donors (Lipinski definition) is 2. The third-order valence-electron chi connectivity index (χ3n) is 5.17. The Morgan fingerprint density at radius 1 is 0.600 bits per heavy atom. The van der Waals surface area contributed by atoms with E-state index in [1.807, 2.05) is 24.3 Å². The lowest BCUT2D eigenvalue weighted by atomic mass is 10.1. The topological polar surface area (TPSA) is 58.2 Å². The fourth-order valence-corrected chi connectivity index (χ4v) is 3.29. The lowest BCUT2D eigenvalue weighted by Crippen LogP contribution is -2.13. The van der Waals surface area contributed by atoms with E-state index in [1.165, 1.54) is 36.8 Å². The van der Waals surface area contributed by atoms with Crippen LogP contribution in [0.15, 0.2) is 48.5 Å². The minimum absolute atomic E-state index is 0.000570. The Bertz CT molecular complexity index is 699. The molecule has 0 saturated carbocycles. The first-order valence-electron chi connectivity index (χ1n) is 11.4. The summed E-state index contributed by atoms with van der Waals surface area (Å²) >= 11 is 0. The Kier molecular flexibility index (Phi) is 10.7. The summed E-state index contributed by atoms with van der Waals surface area (Å²) in [5.41, 5.74) is 4.27. The van der Waals surface area contributed by atoms with Gasteiger partial charge in [0.25, 0.3) is 0 Å². The van der Waals surface area contributed by atoms with Gasteiger partial charge >= 0.3 is 0 Å². The number of amides is 2. The van der Waals surface area contributed by atoms with Crippen molar-refractivity contribution in [1.82, 2.24) is 0 Å². The summed E-state index contributed by atoms with van der Waals surface area (Å²) in [6.07, 6.45) is 9.14. The maximum atomic E-state index is 12.1. The van der Waals surface area contributed by atoms with Crippen LogP contribution in [0.4, 0.5) is 11.4 Å². The summed E-state index contributed by atoms with van der Waals surface area (Å²) in [4.78, 5) is 24.2. The molecule has 0 aromatic heterocycles. The molecule has 0 radical (unpaired) electrons. The smallest absolute Gasteiger partial charge is 0.224 e. The molecule has 162 valence electrons. The summed E-state index contributed by atoms with van der Waals surface area (Å²) in [6, 6.07) is 16.2. The van der Waals surface area contributed by atoms with Crippen molar-refractivity contribution >= 4 is 23.2 Å². The van der Waals surface area contributed by atoms with Gasteiger partial charge in [0.05, 0.1) is 0 Å². The van der Waals surface area contributed by atoms with E-state index in [0.717, 1.165) is 24.2 Å². The Morgan fingerprint density at radius 3 is 1.30 bits per heavy atom. The first-order chi connectivity index (χ1) is 14.6. The van der Waals surface area contributed by atoms with Crippen LogP contribution in [-0.2, 0) is 22.4 Å². The highest BCUT2D eigenvalue weighted by Gasteiger charge is 2.06. The molecule has 0 fully saturated rings. The highest BCUT2D eigenvalue weighted by molar-refractivity contribution is 5.91. The predicted octanol–water partition coefficient (Wildman–Crippen LogP) is 6.51. The number of benzene rings is 2. The number of rotatable bonds is 13. The molecular formula is C26H36N2O2. The Labute approximate surface area is 181 Å². The largest absolute Gasteiger partial charge is 0.326 e. The van der Waals surface area contributed by atoms with Crippen molar-refractivity contribution in [3.8, 4) is 0 Å². The second-order valence-electron chi connectivity index (χ2n) is 7.90. The minimum Gasteiger partial charge on any atom is -0.326 e. The highest BCUT2D eigenvalue weighted by Crippen LogP contribution is 2.14. The first-order valence-corrected chi connectivity index (χ1v) is 11.4. The monoisotopic (exact) mass is 408 g/mol. The zero-order chi connectivity index (χ0) is 21.6. The average molecular weight is 409 g/mol. The van der Waals surface area contributed by atoms with E-state index in [1.54, 1.807) is 0 Å². The van der Waals surface area contributed by atoms with Gasteiger partial charge in [-0.2, -0.15) is 0 Å². The third kappa shape index (κ3) is 9.25. The van der Waals surface area contributed by atoms with Crippen LogP contribution in [0.3, 0.4) is 0 Å². The average Bonchev–Trinajstić information content (AvgIpc) is 2.76. The number of nitrogens with one attached hydrogen (secondary N) is 2. The Morgan fingerprint density at radius 2 is 0.967 bits per heavy atom. The molecule has 4 heteroatoms. The molecule has 4 nitrogen and oxygen atoms in total. The molecule has 0 aliphatic heterocycles. The quantitative estimate of drug-likeness (QED) is 0.371. The van der Waals surface area contributed by atoms with E-state index >= 15 is 0 Å². The van der Waals surface area contributed by atoms with Crippen molar-refractivity contribution in [2.45, 2.75) is 78.1 Å². The molecule has 0 bridgehead atoms. The molecular weight excluding hydrogens is 372 g/mol. The normalized spacial score (nSPS) is 10.6. The van der Waals surface area contributed by atoms with Gasteiger partial charge in [-0.25, -0.2) is 0 Å². The van der Waals surface area contributed by atoms with E-state index in [4.69, 9.17) is 0 Å². The van der Waals surface area contributed by atoms with Crippen LogP contribution in [0.5, 0.6) is 0 Å². The summed E-state index contributed by atoms with van der Waals surface area (Å²) in [6.45, 7) is 4.37. The standard InChI is InChI=1S/C26H36N2O2/c1-3-5-9-21-13-17-23(18-14-21)27-25(29)11-7-8-12-26(30)28-24-19-15-22(16-20-24)10-6-4-2/h13-20H,3-12H2,1-2H3,(H,27,29)(H,28,30). The molecule has 0 aliphatic rings. The fourth-order valence-electron chi connectivity index (χ4n) is 3.29. The second-order valence-corrected chi connectivity index (χ2v) is 7.90. The van der Waals surface area contributed by atoms with Gasteiger partial charge in [0.2, 0.25) is 11.8 Å². The zero-order valence-electron chi connectivity index (χ0n) is 18.5. The summed E-state index contributed by atoms with van der Waals surface area (Å²) in [5.74, 6) is -0.00114. The molecule has 30 heavy (non-hydrogen) atoms. The van der Waals surface area contributed by atoms with Gasteiger partial charge in [-0.05, 0) is 73.9 Å². The maximum absolute atomic E-state index is 12.1. The number of hydrogen-bond acceptors (Lipinski definition) is 2. The van der Waals surface area contributed by atoms with Gasteiger partial charge in [0.15, 0.2) is 0 Å². The molecule has 0 atom stereocenters. The molecule has 2 aromatic carbocycles. The van der Waals surface area contributed by atoms with Crippen LogP contribution in [0.1, 0.15) is 76.3 Å². The van der Waals surface area contributed by atoms with Crippen LogP contribution < -0.4 is 10.6 Å². The van der Waals surface area contributed by atoms with Crippen molar-refractivity contribution < 1.29 is 9.59 Å². The van der Waals surface area contributed by atoms with Crippen LogP contribution in [0, 0.1) is 0 Å². The minimum atomic E-state index is -0.000570. The highest BCUT2D eigenvalue weighted by atomic mass is 16.2. The lowest BCUT2D eigenvalue weighted by Gasteiger charge is -2.08. The molecule has 0 saturated heterocycles. The molecule has 2 aromatic rings. The molecule has 0 aliphatic carbocycles. The summed E-state index contributed by atoms with van der Waals surface area (Å²) in [5, 5.41) is 5.87. The van der Waals surface area contributed by atoms with E-state index < -0.39 is 0 Å². The fraction of sp³-hybridized carbons (Fsp3) is 0.462. The number of anilines is 2. The van der Waals surface area contributed by atoms with Gasteiger partial charge in [0, 0.05) is 24.2 Å². The summed E-state index contributed by atoms with van der Waals surface area (Å²) in [7, 11) is 0. The van der Waals surface area contributed by atoms with Crippen molar-refractivity contribution in [2.75, 3.05) is 10.6 Å². The molecule has 2 amide bonds. The molecule has 0 spiro atoms. The first kappa shape index (κ1) is 23.7. The molecule has 0 heterocycles.